The maximum Gasteiger partial charge on any atom is 0.317 e. The summed E-state index contributed by atoms with van der Waals surface area (Å²) in [6.45, 7) is 11.7. The number of aliphatic hydroxyl groups is 6. The lowest BCUT2D eigenvalue weighted by atomic mass is 9.33. The van der Waals surface area contributed by atoms with E-state index in [0.29, 0.717) is 51.4 Å². The molecule has 47 heavy (non-hydrogen) atoms. The van der Waals surface area contributed by atoms with Gasteiger partial charge in [-0.05, 0) is 106 Å². The molecule has 0 aromatic heterocycles. The highest BCUT2D eigenvalue weighted by molar-refractivity contribution is 5.78. The SMILES string of the molecule is CC1CCC2(C(=O)O)CCC3(C)C(=CCC4C5(C)CCC(O)C(C)(C(=O)OC6OC(CO)C(O)C(O)C6O)C5CCC43C)C2C1(C)O. The van der Waals surface area contributed by atoms with Crippen molar-refractivity contribution in [2.75, 3.05) is 6.61 Å². The minimum Gasteiger partial charge on any atom is -0.481 e. The number of carboxylic acids is 1. The molecule has 0 spiro atoms. The molecule has 1 saturated heterocycles. The predicted molar refractivity (Wildman–Crippen MR) is 168 cm³/mol. The number of carbonyl (C=O) groups excluding carboxylic acids is 1. The molecule has 1 aliphatic heterocycles. The minimum atomic E-state index is -1.74. The second-order valence-electron chi connectivity index (χ2n) is 17.3. The molecule has 1 heterocycles. The van der Waals surface area contributed by atoms with Crippen molar-refractivity contribution in [3.63, 3.8) is 0 Å². The lowest BCUT2D eigenvalue weighted by Gasteiger charge is -2.71. The van der Waals surface area contributed by atoms with E-state index in [1.807, 2.05) is 13.8 Å². The van der Waals surface area contributed by atoms with Gasteiger partial charge in [0.05, 0.1) is 29.1 Å². The molecule has 0 bridgehead atoms. The summed E-state index contributed by atoms with van der Waals surface area (Å²) in [4.78, 5) is 27.2. The lowest BCUT2D eigenvalue weighted by Crippen LogP contribution is -2.68. The van der Waals surface area contributed by atoms with E-state index in [2.05, 4.69) is 26.8 Å². The summed E-state index contributed by atoms with van der Waals surface area (Å²) in [5.41, 5.74) is -3.53. The summed E-state index contributed by atoms with van der Waals surface area (Å²) in [7, 11) is 0. The third-order valence-electron chi connectivity index (χ3n) is 15.6. The van der Waals surface area contributed by atoms with Crippen LogP contribution in [0.25, 0.3) is 0 Å². The number of carbonyl (C=O) groups is 2. The van der Waals surface area contributed by atoms with E-state index in [1.165, 1.54) is 0 Å². The first-order chi connectivity index (χ1) is 21.8. The molecular formula is C36H56O11. The van der Waals surface area contributed by atoms with Gasteiger partial charge in [0, 0.05) is 5.92 Å². The predicted octanol–water partition coefficient (Wildman–Crippen LogP) is 2.53. The Morgan fingerprint density at radius 2 is 1.57 bits per heavy atom. The fourth-order valence-electron chi connectivity index (χ4n) is 12.2. The van der Waals surface area contributed by atoms with Gasteiger partial charge >= 0.3 is 11.9 Å². The number of carboxylic acid groups (broad SMARTS) is 1. The van der Waals surface area contributed by atoms with Gasteiger partial charge in [0.2, 0.25) is 6.29 Å². The zero-order chi connectivity index (χ0) is 34.7. The number of aliphatic carboxylic acids is 1. The Morgan fingerprint density at radius 1 is 0.894 bits per heavy atom. The van der Waals surface area contributed by atoms with E-state index < -0.39 is 83.1 Å². The number of esters is 1. The second-order valence-corrected chi connectivity index (χ2v) is 17.3. The lowest BCUT2D eigenvalue weighted by molar-refractivity contribution is -0.300. The molecule has 16 unspecified atom stereocenters. The van der Waals surface area contributed by atoms with E-state index in [4.69, 9.17) is 9.47 Å². The molecule has 11 nitrogen and oxygen atoms in total. The van der Waals surface area contributed by atoms with E-state index in [-0.39, 0.29) is 28.6 Å². The number of rotatable bonds is 4. The fourth-order valence-corrected chi connectivity index (χ4v) is 12.2. The van der Waals surface area contributed by atoms with Gasteiger partial charge in [-0.1, -0.05) is 39.3 Å². The average Bonchev–Trinajstić information content (AvgIpc) is 3.01. The third-order valence-corrected chi connectivity index (χ3v) is 15.6. The molecule has 0 aromatic rings. The largest absolute Gasteiger partial charge is 0.481 e. The first-order valence-corrected chi connectivity index (χ1v) is 17.6. The smallest absolute Gasteiger partial charge is 0.317 e. The highest BCUT2D eigenvalue weighted by Gasteiger charge is 2.72. The summed E-state index contributed by atoms with van der Waals surface area (Å²) in [6, 6.07) is 0. The molecule has 0 radical (unpaired) electrons. The molecule has 7 N–H and O–H groups in total. The first kappa shape index (κ1) is 35.2. The van der Waals surface area contributed by atoms with Gasteiger partial charge in [-0.25, -0.2) is 0 Å². The van der Waals surface area contributed by atoms with Crippen molar-refractivity contribution in [2.24, 2.45) is 50.7 Å². The van der Waals surface area contributed by atoms with Crippen molar-refractivity contribution < 1.29 is 54.8 Å². The van der Waals surface area contributed by atoms with E-state index in [9.17, 15) is 45.3 Å². The molecule has 0 aromatic carbocycles. The number of allylic oxidation sites excluding steroid dienone is 1. The number of aliphatic hydroxyl groups excluding tert-OH is 5. The Balaban J connectivity index is 1.35. The summed E-state index contributed by atoms with van der Waals surface area (Å²) in [5, 5.41) is 74.9. The molecule has 266 valence electrons. The fraction of sp³-hybridized carbons (Fsp3) is 0.889. The van der Waals surface area contributed by atoms with Gasteiger partial charge in [0.15, 0.2) is 0 Å². The zero-order valence-corrected chi connectivity index (χ0v) is 28.7. The molecule has 11 heteroatoms. The van der Waals surface area contributed by atoms with E-state index in [1.54, 1.807) is 6.92 Å². The zero-order valence-electron chi connectivity index (χ0n) is 28.7. The summed E-state index contributed by atoms with van der Waals surface area (Å²) >= 11 is 0. The molecule has 6 aliphatic rings. The van der Waals surface area contributed by atoms with E-state index in [0.717, 1.165) is 12.0 Å². The van der Waals surface area contributed by atoms with E-state index >= 15 is 0 Å². The van der Waals surface area contributed by atoms with Crippen LogP contribution in [0.4, 0.5) is 0 Å². The monoisotopic (exact) mass is 664 g/mol. The van der Waals surface area contributed by atoms with Crippen LogP contribution in [0.15, 0.2) is 11.6 Å². The highest BCUT2D eigenvalue weighted by Crippen LogP contribution is 2.76. The standard InChI is InChI=1S/C36H56O11/c1-18-9-14-36(29(42)43)16-15-32(3)19(27(36)35(18,6)45)7-8-21-31(2)12-11-23(38)34(5,22(31)10-13-33(21,32)4)30(44)47-28-26(41)25(40)24(39)20(17-37)46-28/h7,18,20-28,37-41,45H,8-17H2,1-6H3,(H,42,43). The van der Waals surface area contributed by atoms with Crippen molar-refractivity contribution in [1.29, 1.82) is 0 Å². The van der Waals surface area contributed by atoms with Crippen LogP contribution in [-0.4, -0.2) is 96.7 Å². The van der Waals surface area contributed by atoms with Crippen LogP contribution in [0.3, 0.4) is 0 Å². The first-order valence-electron chi connectivity index (χ1n) is 17.6. The Morgan fingerprint density at radius 3 is 2.21 bits per heavy atom. The highest BCUT2D eigenvalue weighted by atomic mass is 16.7. The van der Waals surface area contributed by atoms with Gasteiger partial charge in [0.1, 0.15) is 24.4 Å². The number of ether oxygens (including phenoxy) is 2. The number of fused-ring (bicyclic) bond motifs is 7. The average molecular weight is 665 g/mol. The molecule has 4 saturated carbocycles. The van der Waals surface area contributed by atoms with Crippen molar-refractivity contribution in [2.45, 2.75) is 142 Å². The van der Waals surface area contributed by atoms with Crippen LogP contribution in [0.1, 0.15) is 99.3 Å². The van der Waals surface area contributed by atoms with Crippen LogP contribution in [0.2, 0.25) is 0 Å². The van der Waals surface area contributed by atoms with Crippen LogP contribution in [0.5, 0.6) is 0 Å². The quantitative estimate of drug-likeness (QED) is 0.172. The summed E-state index contributed by atoms with van der Waals surface area (Å²) in [5.74, 6) is -2.33. The van der Waals surface area contributed by atoms with Crippen molar-refractivity contribution >= 4 is 11.9 Å². The Bertz CT molecular complexity index is 1310. The van der Waals surface area contributed by atoms with Crippen molar-refractivity contribution in [1.82, 2.24) is 0 Å². The molecule has 0 amide bonds. The topological polar surface area (TPSA) is 194 Å². The van der Waals surface area contributed by atoms with Gasteiger partial charge in [-0.15, -0.1) is 0 Å². The molecule has 16 atom stereocenters. The van der Waals surface area contributed by atoms with Crippen molar-refractivity contribution in [3.05, 3.63) is 11.6 Å². The van der Waals surface area contributed by atoms with Gasteiger partial charge in [-0.3, -0.25) is 9.59 Å². The Kier molecular flexibility index (Phi) is 8.40. The normalized spacial score (nSPS) is 55.8. The molecule has 5 aliphatic carbocycles. The second kappa shape index (κ2) is 11.2. The molecular weight excluding hydrogens is 608 g/mol. The van der Waals surface area contributed by atoms with Gasteiger partial charge in [-0.2, -0.15) is 0 Å². The molecule has 5 fully saturated rings. The summed E-state index contributed by atoms with van der Waals surface area (Å²) < 4.78 is 11.2. The van der Waals surface area contributed by atoms with Gasteiger partial charge < -0.3 is 45.2 Å². The van der Waals surface area contributed by atoms with Crippen LogP contribution >= 0.6 is 0 Å². The number of hydrogen-bond donors (Lipinski definition) is 7. The Labute approximate surface area is 277 Å². The maximum absolute atomic E-state index is 14.1. The van der Waals surface area contributed by atoms with Crippen molar-refractivity contribution in [3.8, 4) is 0 Å². The van der Waals surface area contributed by atoms with Crippen LogP contribution in [0, 0.1) is 50.7 Å². The Hall–Kier alpha value is -1.60. The maximum atomic E-state index is 14.1. The van der Waals surface area contributed by atoms with Crippen LogP contribution in [-0.2, 0) is 19.1 Å². The molecule has 6 rings (SSSR count). The summed E-state index contributed by atoms with van der Waals surface area (Å²) in [6.07, 6.45) is -1.28. The van der Waals surface area contributed by atoms with Gasteiger partial charge in [0.25, 0.3) is 0 Å². The minimum absolute atomic E-state index is 0.0442. The van der Waals surface area contributed by atoms with Crippen LogP contribution < -0.4 is 0 Å². The third kappa shape index (κ3) is 4.49. The number of hydrogen-bond acceptors (Lipinski definition) is 10.